The number of nitrogens with two attached hydrogens (primary N) is 1. The minimum Gasteiger partial charge on any atom is -0.352 e. The second kappa shape index (κ2) is 3.64. The second-order valence-electron chi connectivity index (χ2n) is 3.22. The van der Waals surface area contributed by atoms with E-state index in [-0.39, 0.29) is 0 Å². The average Bonchev–Trinajstić information content (AvgIpc) is 2.58. The van der Waals surface area contributed by atoms with Gasteiger partial charge in [0.15, 0.2) is 6.29 Å². The largest absolute Gasteiger partial charge is 0.352 e. The number of rotatable bonds is 3. The zero-order valence-electron chi connectivity index (χ0n) is 7.79. The van der Waals surface area contributed by atoms with E-state index in [9.17, 15) is 4.79 Å². The molecule has 0 aliphatic rings. The zero-order chi connectivity index (χ0) is 9.97. The van der Waals surface area contributed by atoms with E-state index in [0.717, 1.165) is 29.2 Å². The fourth-order valence-corrected chi connectivity index (χ4v) is 1.74. The molecule has 3 N–H and O–H groups in total. The lowest BCUT2D eigenvalue weighted by Gasteiger charge is -1.96. The van der Waals surface area contributed by atoms with Crippen molar-refractivity contribution < 1.29 is 4.79 Å². The molecular formula is C11H12N2O. The Kier molecular flexibility index (Phi) is 2.33. The van der Waals surface area contributed by atoms with E-state index in [2.05, 4.69) is 4.98 Å². The van der Waals surface area contributed by atoms with Crippen LogP contribution in [0.15, 0.2) is 24.3 Å². The Hall–Kier alpha value is -1.61. The highest BCUT2D eigenvalue weighted by molar-refractivity contribution is 5.92. The van der Waals surface area contributed by atoms with Gasteiger partial charge in [0.1, 0.15) is 0 Å². The summed E-state index contributed by atoms with van der Waals surface area (Å²) in [4.78, 5) is 13.9. The number of hydrogen-bond acceptors (Lipinski definition) is 2. The lowest BCUT2D eigenvalue weighted by molar-refractivity contribution is 0.111. The van der Waals surface area contributed by atoms with Gasteiger partial charge in [-0.25, -0.2) is 0 Å². The minimum atomic E-state index is 0.558. The van der Waals surface area contributed by atoms with Crippen LogP contribution in [-0.4, -0.2) is 17.8 Å². The third-order valence-electron chi connectivity index (χ3n) is 2.36. The Morgan fingerprint density at radius 1 is 1.36 bits per heavy atom. The number of carbonyl (C=O) groups is 1. The third-order valence-corrected chi connectivity index (χ3v) is 2.36. The summed E-state index contributed by atoms with van der Waals surface area (Å²) in [6.45, 7) is 0.558. The lowest BCUT2D eigenvalue weighted by Crippen LogP contribution is -2.04. The smallest absolute Gasteiger partial charge is 0.166 e. The molecular weight excluding hydrogens is 176 g/mol. The molecule has 0 unspecified atom stereocenters. The van der Waals surface area contributed by atoms with Gasteiger partial charge >= 0.3 is 0 Å². The first kappa shape index (κ1) is 8.97. The van der Waals surface area contributed by atoms with E-state index in [4.69, 9.17) is 5.73 Å². The Bertz CT molecular complexity index is 459. The van der Waals surface area contributed by atoms with Crippen molar-refractivity contribution in [3.63, 3.8) is 0 Å². The molecule has 1 aromatic heterocycles. The first-order chi connectivity index (χ1) is 6.86. The predicted octanol–water partition coefficient (Wildman–Crippen LogP) is 1.48. The normalized spacial score (nSPS) is 10.6. The summed E-state index contributed by atoms with van der Waals surface area (Å²) in [6.07, 6.45) is 1.59. The molecule has 0 bridgehead atoms. The van der Waals surface area contributed by atoms with Crippen molar-refractivity contribution in [2.24, 2.45) is 5.73 Å². The van der Waals surface area contributed by atoms with Gasteiger partial charge in [0.05, 0.1) is 5.69 Å². The Morgan fingerprint density at radius 3 is 2.86 bits per heavy atom. The molecule has 0 aliphatic carbocycles. The number of hydrogen-bond donors (Lipinski definition) is 2. The maximum Gasteiger partial charge on any atom is 0.166 e. The molecule has 1 aromatic carbocycles. The van der Waals surface area contributed by atoms with Crippen LogP contribution in [-0.2, 0) is 6.42 Å². The molecule has 0 aliphatic heterocycles. The number of H-pyrrole nitrogens is 1. The molecule has 0 radical (unpaired) electrons. The standard InChI is InChI=1S/C11H12N2O/c12-6-5-9-8-3-1-2-4-10(8)13-11(9)7-14/h1-4,7,13H,5-6,12H2. The van der Waals surface area contributed by atoms with Crippen molar-refractivity contribution >= 4 is 17.2 Å². The van der Waals surface area contributed by atoms with Gasteiger partial charge in [-0.05, 0) is 24.6 Å². The first-order valence-corrected chi connectivity index (χ1v) is 4.61. The predicted molar refractivity (Wildman–Crippen MR) is 56.4 cm³/mol. The molecule has 14 heavy (non-hydrogen) atoms. The van der Waals surface area contributed by atoms with Crippen LogP contribution in [0, 0.1) is 0 Å². The number of fused-ring (bicyclic) bond motifs is 1. The maximum absolute atomic E-state index is 10.8. The molecule has 3 heteroatoms. The number of aldehydes is 1. The fraction of sp³-hybridized carbons (Fsp3) is 0.182. The van der Waals surface area contributed by atoms with Crippen LogP contribution < -0.4 is 5.73 Å². The van der Waals surface area contributed by atoms with Crippen molar-refractivity contribution in [3.8, 4) is 0 Å². The van der Waals surface area contributed by atoms with E-state index < -0.39 is 0 Å². The molecule has 0 amide bonds. The summed E-state index contributed by atoms with van der Waals surface area (Å²) in [7, 11) is 0. The number of aromatic nitrogens is 1. The molecule has 2 aromatic rings. The number of benzene rings is 1. The molecule has 0 saturated heterocycles. The van der Waals surface area contributed by atoms with Gasteiger partial charge in [0.25, 0.3) is 0 Å². The Morgan fingerprint density at radius 2 is 2.14 bits per heavy atom. The SMILES string of the molecule is NCCc1c(C=O)[nH]c2ccccc12. The van der Waals surface area contributed by atoms with Gasteiger partial charge in [0, 0.05) is 10.9 Å². The number of para-hydroxylation sites is 1. The van der Waals surface area contributed by atoms with Gasteiger partial charge in [-0.1, -0.05) is 18.2 Å². The summed E-state index contributed by atoms with van der Waals surface area (Å²) >= 11 is 0. The summed E-state index contributed by atoms with van der Waals surface area (Å²) in [6, 6.07) is 7.87. The van der Waals surface area contributed by atoms with E-state index in [1.54, 1.807) is 0 Å². The second-order valence-corrected chi connectivity index (χ2v) is 3.22. The van der Waals surface area contributed by atoms with E-state index >= 15 is 0 Å². The molecule has 2 rings (SSSR count). The van der Waals surface area contributed by atoms with E-state index in [0.29, 0.717) is 12.2 Å². The zero-order valence-corrected chi connectivity index (χ0v) is 7.79. The maximum atomic E-state index is 10.8. The van der Waals surface area contributed by atoms with Crippen LogP contribution in [0.25, 0.3) is 10.9 Å². The summed E-state index contributed by atoms with van der Waals surface area (Å²) in [5.74, 6) is 0. The minimum absolute atomic E-state index is 0.558. The highest BCUT2D eigenvalue weighted by Gasteiger charge is 2.08. The molecule has 72 valence electrons. The monoisotopic (exact) mass is 188 g/mol. The van der Waals surface area contributed by atoms with Crippen LogP contribution in [0.5, 0.6) is 0 Å². The molecule has 0 fully saturated rings. The molecule has 0 spiro atoms. The topological polar surface area (TPSA) is 58.9 Å². The quantitative estimate of drug-likeness (QED) is 0.717. The molecule has 0 atom stereocenters. The van der Waals surface area contributed by atoms with Crippen LogP contribution in [0.1, 0.15) is 16.1 Å². The van der Waals surface area contributed by atoms with Crippen molar-refractivity contribution in [2.45, 2.75) is 6.42 Å². The van der Waals surface area contributed by atoms with Crippen LogP contribution >= 0.6 is 0 Å². The fourth-order valence-electron chi connectivity index (χ4n) is 1.74. The Balaban J connectivity index is 2.67. The van der Waals surface area contributed by atoms with Gasteiger partial charge in [0.2, 0.25) is 0 Å². The van der Waals surface area contributed by atoms with Crippen LogP contribution in [0.4, 0.5) is 0 Å². The number of aromatic amines is 1. The number of nitrogens with one attached hydrogen (secondary N) is 1. The highest BCUT2D eigenvalue weighted by atomic mass is 16.1. The van der Waals surface area contributed by atoms with E-state index in [1.165, 1.54) is 0 Å². The molecule has 3 nitrogen and oxygen atoms in total. The van der Waals surface area contributed by atoms with Crippen molar-refractivity contribution in [1.82, 2.24) is 4.98 Å². The van der Waals surface area contributed by atoms with Crippen molar-refractivity contribution in [2.75, 3.05) is 6.54 Å². The number of carbonyl (C=O) groups excluding carboxylic acids is 1. The summed E-state index contributed by atoms with van der Waals surface area (Å²) < 4.78 is 0. The van der Waals surface area contributed by atoms with Gasteiger partial charge in [-0.2, -0.15) is 0 Å². The van der Waals surface area contributed by atoms with Crippen LogP contribution in [0.2, 0.25) is 0 Å². The average molecular weight is 188 g/mol. The third kappa shape index (κ3) is 1.32. The van der Waals surface area contributed by atoms with Gasteiger partial charge < -0.3 is 10.7 Å². The first-order valence-electron chi connectivity index (χ1n) is 4.61. The summed E-state index contributed by atoms with van der Waals surface area (Å²) in [5, 5.41) is 1.10. The molecule has 1 heterocycles. The van der Waals surface area contributed by atoms with Gasteiger partial charge in [-0.3, -0.25) is 4.79 Å². The lowest BCUT2D eigenvalue weighted by atomic mass is 10.1. The van der Waals surface area contributed by atoms with Gasteiger partial charge in [-0.15, -0.1) is 0 Å². The Labute approximate surface area is 81.9 Å². The van der Waals surface area contributed by atoms with Crippen molar-refractivity contribution in [3.05, 3.63) is 35.5 Å². The summed E-state index contributed by atoms with van der Waals surface area (Å²) in [5.41, 5.74) is 8.18. The highest BCUT2D eigenvalue weighted by Crippen LogP contribution is 2.21. The van der Waals surface area contributed by atoms with Crippen molar-refractivity contribution in [1.29, 1.82) is 0 Å². The van der Waals surface area contributed by atoms with Crippen LogP contribution in [0.3, 0.4) is 0 Å². The van der Waals surface area contributed by atoms with E-state index in [1.807, 2.05) is 24.3 Å². The molecule has 0 saturated carbocycles.